The molecule has 0 aliphatic rings. The molecule has 6 heteroatoms. The lowest BCUT2D eigenvalue weighted by molar-refractivity contribution is 0.0690. The molecule has 104 valence electrons. The maximum Gasteiger partial charge on any atom is 0.356 e. The predicted molar refractivity (Wildman–Crippen MR) is 74.4 cm³/mol. The van der Waals surface area contributed by atoms with Crippen LogP contribution in [0, 0.1) is 6.92 Å². The first-order valence-electron chi connectivity index (χ1n) is 6.00. The van der Waals surface area contributed by atoms with Crippen molar-refractivity contribution in [3.05, 3.63) is 52.6 Å². The maximum absolute atomic E-state index is 10.9. The summed E-state index contributed by atoms with van der Waals surface area (Å²) in [6, 6.07) is 7.66. The normalized spacial score (nSPS) is 10.3. The van der Waals surface area contributed by atoms with Crippen LogP contribution in [-0.2, 0) is 6.42 Å². The number of carboxylic acids is 1. The Bertz CT molecular complexity index is 614. The summed E-state index contributed by atoms with van der Waals surface area (Å²) in [5, 5.41) is 8.94. The number of nitrogens with zero attached hydrogens (tertiary/aromatic N) is 2. The number of aryl methyl sites for hydroxylation is 1. The van der Waals surface area contributed by atoms with Gasteiger partial charge in [0.1, 0.15) is 11.6 Å². The highest BCUT2D eigenvalue weighted by atomic mass is 35.5. The van der Waals surface area contributed by atoms with Gasteiger partial charge in [-0.25, -0.2) is 14.8 Å². The van der Waals surface area contributed by atoms with Gasteiger partial charge in [-0.1, -0.05) is 29.3 Å². The third-order valence-corrected chi connectivity index (χ3v) is 2.89. The lowest BCUT2D eigenvalue weighted by atomic mass is 10.2. The molecule has 0 unspecified atom stereocenters. The summed E-state index contributed by atoms with van der Waals surface area (Å²) in [4.78, 5) is 18.8. The van der Waals surface area contributed by atoms with Crippen LogP contribution in [0.4, 0.5) is 0 Å². The number of rotatable bonds is 5. The standard InChI is InChI=1S/C14H13ClN2O3/c1-9-2-4-10(5-3-9)20-7-6-12-16-8-11(15)13(17-12)14(18)19/h2-5,8H,6-7H2,1H3,(H,18,19). The van der Waals surface area contributed by atoms with E-state index < -0.39 is 5.97 Å². The molecule has 0 atom stereocenters. The average Bonchev–Trinajstić information content (AvgIpc) is 2.42. The number of carbonyl (C=O) groups is 1. The fraction of sp³-hybridized carbons (Fsp3) is 0.214. The molecular weight excluding hydrogens is 280 g/mol. The van der Waals surface area contributed by atoms with Crippen molar-refractivity contribution in [1.82, 2.24) is 9.97 Å². The molecule has 1 aromatic heterocycles. The summed E-state index contributed by atoms with van der Waals surface area (Å²) >= 11 is 5.70. The van der Waals surface area contributed by atoms with Gasteiger partial charge in [0, 0.05) is 6.42 Å². The number of halogens is 1. The smallest absolute Gasteiger partial charge is 0.356 e. The van der Waals surface area contributed by atoms with Crippen molar-refractivity contribution in [1.29, 1.82) is 0 Å². The van der Waals surface area contributed by atoms with Crippen molar-refractivity contribution >= 4 is 17.6 Å². The van der Waals surface area contributed by atoms with E-state index in [0.717, 1.165) is 11.3 Å². The Balaban J connectivity index is 1.96. The first kappa shape index (κ1) is 14.3. The first-order valence-corrected chi connectivity index (χ1v) is 6.38. The number of aromatic nitrogens is 2. The van der Waals surface area contributed by atoms with E-state index in [4.69, 9.17) is 21.4 Å². The van der Waals surface area contributed by atoms with Gasteiger partial charge in [0.2, 0.25) is 0 Å². The SMILES string of the molecule is Cc1ccc(OCCc2ncc(Cl)c(C(=O)O)n2)cc1. The van der Waals surface area contributed by atoms with Crippen LogP contribution in [0.3, 0.4) is 0 Å². The van der Waals surface area contributed by atoms with Gasteiger partial charge in [-0.2, -0.15) is 0 Å². The summed E-state index contributed by atoms with van der Waals surface area (Å²) < 4.78 is 5.54. The van der Waals surface area contributed by atoms with Gasteiger partial charge in [-0.05, 0) is 19.1 Å². The van der Waals surface area contributed by atoms with Crippen molar-refractivity contribution < 1.29 is 14.6 Å². The highest BCUT2D eigenvalue weighted by molar-refractivity contribution is 6.33. The number of hydrogen-bond acceptors (Lipinski definition) is 4. The Kier molecular flexibility index (Phi) is 4.53. The zero-order valence-electron chi connectivity index (χ0n) is 10.8. The van der Waals surface area contributed by atoms with E-state index in [1.54, 1.807) is 0 Å². The number of benzene rings is 1. The van der Waals surface area contributed by atoms with E-state index >= 15 is 0 Å². The van der Waals surface area contributed by atoms with Gasteiger partial charge >= 0.3 is 5.97 Å². The minimum absolute atomic E-state index is 0.0284. The summed E-state index contributed by atoms with van der Waals surface area (Å²) in [7, 11) is 0. The highest BCUT2D eigenvalue weighted by Crippen LogP contribution is 2.14. The summed E-state index contributed by atoms with van der Waals surface area (Å²) in [6.45, 7) is 2.36. The Hall–Kier alpha value is -2.14. The largest absolute Gasteiger partial charge is 0.493 e. The molecule has 0 fully saturated rings. The summed E-state index contributed by atoms with van der Waals surface area (Å²) in [5.74, 6) is -0.0277. The monoisotopic (exact) mass is 292 g/mol. The second-order valence-corrected chi connectivity index (χ2v) is 4.61. The van der Waals surface area contributed by atoms with Crippen LogP contribution in [-0.4, -0.2) is 27.7 Å². The van der Waals surface area contributed by atoms with Gasteiger partial charge in [-0.15, -0.1) is 0 Å². The molecule has 0 bridgehead atoms. The predicted octanol–water partition coefficient (Wildman–Crippen LogP) is 2.76. The van der Waals surface area contributed by atoms with Gasteiger partial charge in [-0.3, -0.25) is 0 Å². The summed E-state index contributed by atoms with van der Waals surface area (Å²) in [5.41, 5.74) is 0.969. The van der Waals surface area contributed by atoms with Crippen LogP contribution in [0.2, 0.25) is 5.02 Å². The van der Waals surface area contributed by atoms with E-state index in [1.807, 2.05) is 31.2 Å². The van der Waals surface area contributed by atoms with Crippen molar-refractivity contribution in [2.75, 3.05) is 6.61 Å². The molecular formula is C14H13ClN2O3. The molecule has 0 amide bonds. The molecule has 0 saturated heterocycles. The molecule has 0 radical (unpaired) electrons. The Morgan fingerprint density at radius 1 is 1.35 bits per heavy atom. The van der Waals surface area contributed by atoms with E-state index in [-0.39, 0.29) is 10.7 Å². The van der Waals surface area contributed by atoms with Gasteiger partial charge in [0.05, 0.1) is 17.8 Å². The number of aromatic carboxylic acids is 1. The van der Waals surface area contributed by atoms with E-state index in [1.165, 1.54) is 6.20 Å². The fourth-order valence-electron chi connectivity index (χ4n) is 1.57. The lowest BCUT2D eigenvalue weighted by Gasteiger charge is -2.06. The van der Waals surface area contributed by atoms with Crippen LogP contribution in [0.15, 0.2) is 30.5 Å². The molecule has 2 rings (SSSR count). The number of hydrogen-bond donors (Lipinski definition) is 1. The molecule has 1 N–H and O–H groups in total. The van der Waals surface area contributed by atoms with Crippen molar-refractivity contribution in [3.63, 3.8) is 0 Å². The lowest BCUT2D eigenvalue weighted by Crippen LogP contribution is -2.09. The van der Waals surface area contributed by atoms with Gasteiger partial charge < -0.3 is 9.84 Å². The minimum Gasteiger partial charge on any atom is -0.493 e. The maximum atomic E-state index is 10.9. The van der Waals surface area contributed by atoms with Crippen LogP contribution >= 0.6 is 11.6 Å². The quantitative estimate of drug-likeness (QED) is 0.917. The second kappa shape index (κ2) is 6.34. The van der Waals surface area contributed by atoms with Crippen LogP contribution in [0.1, 0.15) is 21.9 Å². The van der Waals surface area contributed by atoms with E-state index in [0.29, 0.717) is 18.9 Å². The molecule has 1 heterocycles. The van der Waals surface area contributed by atoms with Gasteiger partial charge in [0.15, 0.2) is 5.69 Å². The van der Waals surface area contributed by atoms with Crippen molar-refractivity contribution in [3.8, 4) is 5.75 Å². The number of ether oxygens (including phenoxy) is 1. The second-order valence-electron chi connectivity index (χ2n) is 4.20. The zero-order valence-corrected chi connectivity index (χ0v) is 11.6. The van der Waals surface area contributed by atoms with Crippen LogP contribution in [0.5, 0.6) is 5.75 Å². The van der Waals surface area contributed by atoms with Crippen LogP contribution in [0.25, 0.3) is 0 Å². The van der Waals surface area contributed by atoms with Gasteiger partial charge in [0.25, 0.3) is 0 Å². The van der Waals surface area contributed by atoms with Crippen molar-refractivity contribution in [2.24, 2.45) is 0 Å². The fourth-order valence-corrected chi connectivity index (χ4v) is 1.74. The van der Waals surface area contributed by atoms with E-state index in [2.05, 4.69) is 9.97 Å². The number of carboxylic acid groups (broad SMARTS) is 1. The zero-order chi connectivity index (χ0) is 14.5. The Morgan fingerprint density at radius 2 is 2.05 bits per heavy atom. The van der Waals surface area contributed by atoms with Crippen molar-refractivity contribution in [2.45, 2.75) is 13.3 Å². The molecule has 2 aromatic rings. The topological polar surface area (TPSA) is 72.3 Å². The molecule has 0 spiro atoms. The molecule has 1 aromatic carbocycles. The Labute approximate surface area is 121 Å². The van der Waals surface area contributed by atoms with Crippen LogP contribution < -0.4 is 4.74 Å². The third kappa shape index (κ3) is 3.68. The molecule has 5 nitrogen and oxygen atoms in total. The Morgan fingerprint density at radius 3 is 2.70 bits per heavy atom. The molecule has 0 saturated carbocycles. The third-order valence-electron chi connectivity index (χ3n) is 2.61. The first-order chi connectivity index (χ1) is 9.56. The van der Waals surface area contributed by atoms with E-state index in [9.17, 15) is 4.79 Å². The average molecular weight is 293 g/mol. The molecule has 20 heavy (non-hydrogen) atoms. The molecule has 0 aliphatic carbocycles. The summed E-state index contributed by atoms with van der Waals surface area (Å²) in [6.07, 6.45) is 1.70. The highest BCUT2D eigenvalue weighted by Gasteiger charge is 2.12. The molecule has 0 aliphatic heterocycles. The minimum atomic E-state index is -1.17.